The van der Waals surface area contributed by atoms with Crippen LogP contribution >= 0.6 is 23.2 Å². The Balaban J connectivity index is 1.87. The van der Waals surface area contributed by atoms with Crippen LogP contribution in [0.15, 0.2) is 47.4 Å². The highest BCUT2D eigenvalue weighted by molar-refractivity contribution is 7.92. The highest BCUT2D eigenvalue weighted by atomic mass is 35.5. The summed E-state index contributed by atoms with van der Waals surface area (Å²) < 4.78 is 28.1. The van der Waals surface area contributed by atoms with Gasteiger partial charge in [-0.15, -0.1) is 0 Å². The maximum absolute atomic E-state index is 12.7. The Morgan fingerprint density at radius 3 is 2.19 bits per heavy atom. The van der Waals surface area contributed by atoms with Gasteiger partial charge in [0.15, 0.2) is 0 Å². The summed E-state index contributed by atoms with van der Waals surface area (Å²) in [6, 6.07) is 11.4. The van der Waals surface area contributed by atoms with Crippen LogP contribution in [-0.2, 0) is 10.0 Å². The van der Waals surface area contributed by atoms with E-state index in [-0.39, 0.29) is 4.90 Å². The zero-order chi connectivity index (χ0) is 18.7. The van der Waals surface area contributed by atoms with Gasteiger partial charge in [-0.3, -0.25) is 4.72 Å². The van der Waals surface area contributed by atoms with E-state index in [0.717, 1.165) is 38.4 Å². The number of rotatable bonds is 5. The summed E-state index contributed by atoms with van der Waals surface area (Å²) in [7, 11) is -3.73. The van der Waals surface area contributed by atoms with Gasteiger partial charge < -0.3 is 9.80 Å². The van der Waals surface area contributed by atoms with Crippen LogP contribution in [0.1, 0.15) is 6.92 Å². The SMILES string of the molecule is CCN1CCN(c2ccc(Cl)cc2NS(=O)(=O)c2ccc(Cl)cc2)CC1. The summed E-state index contributed by atoms with van der Waals surface area (Å²) in [5, 5.41) is 0.968. The van der Waals surface area contributed by atoms with Gasteiger partial charge in [-0.2, -0.15) is 0 Å². The first-order chi connectivity index (χ1) is 12.4. The predicted octanol–water partition coefficient (Wildman–Crippen LogP) is 3.94. The standard InChI is InChI=1S/C18H21Cl2N3O2S/c1-2-22-9-11-23(12-10-22)18-8-5-15(20)13-17(18)21-26(24,25)16-6-3-14(19)4-7-16/h3-8,13,21H,2,9-12H2,1H3. The zero-order valence-electron chi connectivity index (χ0n) is 14.5. The first-order valence-corrected chi connectivity index (χ1v) is 10.7. The molecule has 8 heteroatoms. The Kier molecular flexibility index (Phi) is 5.97. The summed E-state index contributed by atoms with van der Waals surface area (Å²) in [5.41, 5.74) is 1.32. The highest BCUT2D eigenvalue weighted by Gasteiger charge is 2.21. The second-order valence-corrected chi connectivity index (χ2v) is 8.70. The number of likely N-dealkylation sites (N-methyl/N-ethyl adjacent to an activating group) is 1. The molecule has 1 aliphatic rings. The van der Waals surface area contributed by atoms with E-state index in [9.17, 15) is 8.42 Å². The fourth-order valence-corrected chi connectivity index (χ4v) is 4.35. The lowest BCUT2D eigenvalue weighted by molar-refractivity contribution is 0.271. The van der Waals surface area contributed by atoms with Crippen molar-refractivity contribution in [3.63, 3.8) is 0 Å². The van der Waals surface area contributed by atoms with E-state index < -0.39 is 10.0 Å². The Morgan fingerprint density at radius 1 is 0.962 bits per heavy atom. The molecule has 1 heterocycles. The number of sulfonamides is 1. The van der Waals surface area contributed by atoms with Crippen LogP contribution in [-0.4, -0.2) is 46.0 Å². The molecule has 2 aromatic carbocycles. The van der Waals surface area contributed by atoms with Crippen molar-refractivity contribution >= 4 is 44.6 Å². The Labute approximate surface area is 164 Å². The van der Waals surface area contributed by atoms with Crippen LogP contribution < -0.4 is 9.62 Å². The number of hydrogen-bond donors (Lipinski definition) is 1. The number of halogens is 2. The molecular formula is C18H21Cl2N3O2S. The lowest BCUT2D eigenvalue weighted by Gasteiger charge is -2.36. The monoisotopic (exact) mass is 413 g/mol. The van der Waals surface area contributed by atoms with Crippen molar-refractivity contribution in [1.82, 2.24) is 4.90 Å². The number of piperazine rings is 1. The summed E-state index contributed by atoms with van der Waals surface area (Å²) >= 11 is 12.0. The van der Waals surface area contributed by atoms with Crippen molar-refractivity contribution < 1.29 is 8.42 Å². The smallest absolute Gasteiger partial charge is 0.261 e. The molecule has 0 amide bonds. The molecule has 0 atom stereocenters. The van der Waals surface area contributed by atoms with Crippen molar-refractivity contribution in [3.05, 3.63) is 52.5 Å². The van der Waals surface area contributed by atoms with Crippen molar-refractivity contribution in [2.45, 2.75) is 11.8 Å². The number of anilines is 2. The van der Waals surface area contributed by atoms with E-state index in [0.29, 0.717) is 15.7 Å². The van der Waals surface area contributed by atoms with Crippen LogP contribution in [0.25, 0.3) is 0 Å². The molecule has 5 nitrogen and oxygen atoms in total. The molecule has 1 saturated heterocycles. The van der Waals surface area contributed by atoms with Gasteiger partial charge in [0.2, 0.25) is 0 Å². The fourth-order valence-electron chi connectivity index (χ4n) is 2.99. The van der Waals surface area contributed by atoms with Crippen molar-refractivity contribution in [3.8, 4) is 0 Å². The first-order valence-electron chi connectivity index (χ1n) is 8.44. The second-order valence-electron chi connectivity index (χ2n) is 6.14. The van der Waals surface area contributed by atoms with Crippen LogP contribution in [0.3, 0.4) is 0 Å². The molecule has 2 aromatic rings. The molecule has 3 rings (SSSR count). The lowest BCUT2D eigenvalue weighted by atomic mass is 10.2. The van der Waals surface area contributed by atoms with Crippen molar-refractivity contribution in [2.75, 3.05) is 42.3 Å². The van der Waals surface area contributed by atoms with Gasteiger partial charge in [-0.1, -0.05) is 30.1 Å². The van der Waals surface area contributed by atoms with Crippen LogP contribution in [0.2, 0.25) is 10.0 Å². The molecule has 0 bridgehead atoms. The van der Waals surface area contributed by atoms with Gasteiger partial charge in [0.25, 0.3) is 10.0 Å². The summed E-state index contributed by atoms with van der Waals surface area (Å²) in [5.74, 6) is 0. The second kappa shape index (κ2) is 8.05. The van der Waals surface area contributed by atoms with Crippen molar-refractivity contribution in [2.24, 2.45) is 0 Å². The van der Waals surface area contributed by atoms with Crippen molar-refractivity contribution in [1.29, 1.82) is 0 Å². The molecule has 140 valence electrons. The van der Waals surface area contributed by atoms with E-state index in [4.69, 9.17) is 23.2 Å². The van der Waals surface area contributed by atoms with E-state index in [2.05, 4.69) is 21.4 Å². The van der Waals surface area contributed by atoms with E-state index in [1.165, 1.54) is 12.1 Å². The maximum Gasteiger partial charge on any atom is 0.261 e. The molecule has 1 fully saturated rings. The minimum Gasteiger partial charge on any atom is -0.367 e. The molecular weight excluding hydrogens is 393 g/mol. The number of benzene rings is 2. The average molecular weight is 414 g/mol. The number of hydrogen-bond acceptors (Lipinski definition) is 4. The van der Waals surface area contributed by atoms with Gasteiger partial charge in [-0.05, 0) is 49.0 Å². The Morgan fingerprint density at radius 2 is 1.58 bits per heavy atom. The molecule has 1 aliphatic heterocycles. The van der Waals surface area contributed by atoms with E-state index >= 15 is 0 Å². The lowest BCUT2D eigenvalue weighted by Crippen LogP contribution is -2.46. The molecule has 1 N–H and O–H groups in total. The third-order valence-electron chi connectivity index (χ3n) is 4.49. The highest BCUT2D eigenvalue weighted by Crippen LogP contribution is 2.32. The minimum atomic E-state index is -3.73. The first kappa shape index (κ1) is 19.3. The Hall–Kier alpha value is -1.47. The molecule has 0 radical (unpaired) electrons. The topological polar surface area (TPSA) is 52.6 Å². The van der Waals surface area contributed by atoms with E-state index in [1.807, 2.05) is 6.07 Å². The van der Waals surface area contributed by atoms with Gasteiger partial charge in [0, 0.05) is 36.2 Å². The van der Waals surface area contributed by atoms with E-state index in [1.54, 1.807) is 24.3 Å². The van der Waals surface area contributed by atoms with Crippen LogP contribution in [0, 0.1) is 0 Å². The third-order valence-corrected chi connectivity index (χ3v) is 6.36. The molecule has 0 aromatic heterocycles. The quantitative estimate of drug-likeness (QED) is 0.806. The zero-order valence-corrected chi connectivity index (χ0v) is 16.8. The molecule has 0 spiro atoms. The van der Waals surface area contributed by atoms with Crippen LogP contribution in [0.5, 0.6) is 0 Å². The summed E-state index contributed by atoms with van der Waals surface area (Å²) in [6.07, 6.45) is 0. The number of nitrogens with one attached hydrogen (secondary N) is 1. The average Bonchev–Trinajstić information content (AvgIpc) is 2.62. The predicted molar refractivity (Wildman–Crippen MR) is 108 cm³/mol. The number of nitrogens with zero attached hydrogens (tertiary/aromatic N) is 2. The molecule has 26 heavy (non-hydrogen) atoms. The summed E-state index contributed by atoms with van der Waals surface area (Å²) in [4.78, 5) is 4.70. The molecule has 0 aliphatic carbocycles. The summed E-state index contributed by atoms with van der Waals surface area (Å²) in [6.45, 7) is 6.73. The largest absolute Gasteiger partial charge is 0.367 e. The maximum atomic E-state index is 12.7. The minimum absolute atomic E-state index is 0.156. The fraction of sp³-hybridized carbons (Fsp3) is 0.333. The van der Waals surface area contributed by atoms with Gasteiger partial charge in [0.05, 0.1) is 16.3 Å². The molecule has 0 saturated carbocycles. The van der Waals surface area contributed by atoms with Gasteiger partial charge in [0.1, 0.15) is 0 Å². The van der Waals surface area contributed by atoms with Crippen LogP contribution in [0.4, 0.5) is 11.4 Å². The Bertz CT molecular complexity index is 865. The van der Waals surface area contributed by atoms with Gasteiger partial charge in [-0.25, -0.2) is 8.42 Å². The third kappa shape index (κ3) is 4.43. The molecule has 0 unspecified atom stereocenters. The van der Waals surface area contributed by atoms with Gasteiger partial charge >= 0.3 is 0 Å². The normalized spacial score (nSPS) is 15.9.